The summed E-state index contributed by atoms with van der Waals surface area (Å²) < 4.78 is 31.4. The molecule has 0 unspecified atom stereocenters. The van der Waals surface area contributed by atoms with Crippen molar-refractivity contribution in [1.29, 1.82) is 0 Å². The summed E-state index contributed by atoms with van der Waals surface area (Å²) in [6.45, 7) is 4.43. The summed E-state index contributed by atoms with van der Waals surface area (Å²) >= 11 is 0. The van der Waals surface area contributed by atoms with E-state index in [2.05, 4.69) is 5.32 Å². The molecular weight excluding hydrogens is 364 g/mol. The number of aryl methyl sites for hydroxylation is 1. The van der Waals surface area contributed by atoms with Crippen molar-refractivity contribution in [2.45, 2.75) is 26.7 Å². The molecular formula is C20H26N2O4S. The SMILES string of the molecule is CCOc1ccccc1N(CCCC(=O)Nc1cccc(C)c1)S(C)(=O)=O. The second-order valence-corrected chi connectivity index (χ2v) is 8.16. The number of rotatable bonds is 9. The maximum absolute atomic E-state index is 12.3. The van der Waals surface area contributed by atoms with Crippen LogP contribution in [0.1, 0.15) is 25.3 Å². The molecule has 0 atom stereocenters. The van der Waals surface area contributed by atoms with Crippen LogP contribution in [0.4, 0.5) is 11.4 Å². The van der Waals surface area contributed by atoms with Crippen molar-refractivity contribution in [2.24, 2.45) is 0 Å². The monoisotopic (exact) mass is 390 g/mol. The molecule has 1 N–H and O–H groups in total. The van der Waals surface area contributed by atoms with Crippen molar-refractivity contribution < 1.29 is 17.9 Å². The normalized spacial score (nSPS) is 11.1. The third kappa shape index (κ3) is 6.29. The van der Waals surface area contributed by atoms with Crippen LogP contribution in [0.25, 0.3) is 0 Å². The highest BCUT2D eigenvalue weighted by atomic mass is 32.2. The Balaban J connectivity index is 2.03. The first-order valence-electron chi connectivity index (χ1n) is 8.87. The number of nitrogens with one attached hydrogen (secondary N) is 1. The van der Waals surface area contributed by atoms with Crippen molar-refractivity contribution in [2.75, 3.05) is 29.0 Å². The van der Waals surface area contributed by atoms with Crippen LogP contribution in [0.15, 0.2) is 48.5 Å². The molecule has 6 nitrogen and oxygen atoms in total. The van der Waals surface area contributed by atoms with Crippen molar-refractivity contribution in [3.05, 3.63) is 54.1 Å². The van der Waals surface area contributed by atoms with E-state index in [4.69, 9.17) is 4.74 Å². The number of carbonyl (C=O) groups is 1. The molecule has 27 heavy (non-hydrogen) atoms. The Morgan fingerprint density at radius 3 is 2.56 bits per heavy atom. The molecule has 0 radical (unpaired) electrons. The molecule has 0 saturated carbocycles. The number of carbonyl (C=O) groups excluding carboxylic acids is 1. The van der Waals surface area contributed by atoms with Gasteiger partial charge in [0, 0.05) is 18.7 Å². The highest BCUT2D eigenvalue weighted by Crippen LogP contribution is 2.30. The Bertz CT molecular complexity index is 881. The number of ether oxygens (including phenoxy) is 1. The van der Waals surface area contributed by atoms with E-state index in [0.717, 1.165) is 17.5 Å². The zero-order valence-corrected chi connectivity index (χ0v) is 16.8. The third-order valence-corrected chi connectivity index (χ3v) is 5.08. The minimum Gasteiger partial charge on any atom is -0.492 e. The second kappa shape index (κ2) is 9.41. The second-order valence-electron chi connectivity index (χ2n) is 6.26. The smallest absolute Gasteiger partial charge is 0.232 e. The fraction of sp³-hybridized carbons (Fsp3) is 0.350. The largest absolute Gasteiger partial charge is 0.492 e. The van der Waals surface area contributed by atoms with Gasteiger partial charge in [0.25, 0.3) is 0 Å². The topological polar surface area (TPSA) is 75.7 Å². The van der Waals surface area contributed by atoms with Crippen LogP contribution in [0.2, 0.25) is 0 Å². The zero-order chi connectivity index (χ0) is 19.9. The van der Waals surface area contributed by atoms with Gasteiger partial charge in [0.2, 0.25) is 15.9 Å². The lowest BCUT2D eigenvalue weighted by atomic mass is 10.2. The average molecular weight is 391 g/mol. The van der Waals surface area contributed by atoms with Crippen LogP contribution < -0.4 is 14.4 Å². The van der Waals surface area contributed by atoms with Crippen molar-refractivity contribution >= 4 is 27.3 Å². The van der Waals surface area contributed by atoms with Crippen LogP contribution in [0.5, 0.6) is 5.75 Å². The lowest BCUT2D eigenvalue weighted by Gasteiger charge is -2.24. The average Bonchev–Trinajstić information content (AvgIpc) is 2.59. The number of hydrogen-bond donors (Lipinski definition) is 1. The van der Waals surface area contributed by atoms with Gasteiger partial charge in [0.05, 0.1) is 18.6 Å². The summed E-state index contributed by atoms with van der Waals surface area (Å²) in [5, 5.41) is 2.84. The van der Waals surface area contributed by atoms with Gasteiger partial charge >= 0.3 is 0 Å². The van der Waals surface area contributed by atoms with E-state index in [1.165, 1.54) is 4.31 Å². The fourth-order valence-electron chi connectivity index (χ4n) is 2.74. The summed E-state index contributed by atoms with van der Waals surface area (Å²) in [4.78, 5) is 12.2. The number of benzene rings is 2. The van der Waals surface area contributed by atoms with Crippen LogP contribution in [-0.2, 0) is 14.8 Å². The molecule has 0 spiro atoms. The predicted molar refractivity (Wildman–Crippen MR) is 109 cm³/mol. The summed E-state index contributed by atoms with van der Waals surface area (Å²) in [7, 11) is -3.50. The molecule has 2 aromatic rings. The van der Waals surface area contributed by atoms with Gasteiger partial charge in [-0.05, 0) is 50.1 Å². The molecule has 0 aliphatic heterocycles. The first kappa shape index (κ1) is 20.8. The molecule has 0 heterocycles. The molecule has 0 saturated heterocycles. The minimum absolute atomic E-state index is 0.146. The molecule has 146 valence electrons. The molecule has 1 amide bonds. The van der Waals surface area contributed by atoms with Gasteiger partial charge in [0.1, 0.15) is 5.75 Å². The van der Waals surface area contributed by atoms with Crippen LogP contribution in [0.3, 0.4) is 0 Å². The van der Waals surface area contributed by atoms with Gasteiger partial charge < -0.3 is 10.1 Å². The minimum atomic E-state index is -3.50. The fourth-order valence-corrected chi connectivity index (χ4v) is 3.70. The Morgan fingerprint density at radius 2 is 1.89 bits per heavy atom. The Kier molecular flexibility index (Phi) is 7.24. The highest BCUT2D eigenvalue weighted by molar-refractivity contribution is 7.92. The summed E-state index contributed by atoms with van der Waals surface area (Å²) in [5.74, 6) is 0.363. The van der Waals surface area contributed by atoms with Crippen LogP contribution in [0, 0.1) is 6.92 Å². The maximum Gasteiger partial charge on any atom is 0.232 e. The first-order valence-corrected chi connectivity index (χ1v) is 10.7. The lowest BCUT2D eigenvalue weighted by molar-refractivity contribution is -0.116. The molecule has 0 aliphatic carbocycles. The summed E-state index contributed by atoms with van der Waals surface area (Å²) in [5.41, 5.74) is 2.28. The van der Waals surface area contributed by atoms with Gasteiger partial charge in [-0.25, -0.2) is 8.42 Å². The van der Waals surface area contributed by atoms with Crippen molar-refractivity contribution in [3.63, 3.8) is 0 Å². The van der Waals surface area contributed by atoms with E-state index in [1.807, 2.05) is 38.1 Å². The Hall–Kier alpha value is -2.54. The van der Waals surface area contributed by atoms with Crippen molar-refractivity contribution in [1.82, 2.24) is 0 Å². The van der Waals surface area contributed by atoms with Crippen LogP contribution in [-0.4, -0.2) is 33.7 Å². The maximum atomic E-state index is 12.3. The first-order chi connectivity index (χ1) is 12.8. The molecule has 0 bridgehead atoms. The summed E-state index contributed by atoms with van der Waals surface area (Å²) in [6.07, 6.45) is 1.77. The quantitative estimate of drug-likeness (QED) is 0.710. The number of para-hydroxylation sites is 2. The number of nitrogens with zero attached hydrogens (tertiary/aromatic N) is 1. The Morgan fingerprint density at radius 1 is 1.15 bits per heavy atom. The van der Waals surface area contributed by atoms with E-state index in [-0.39, 0.29) is 18.9 Å². The molecule has 2 aromatic carbocycles. The Labute approximate surface area is 161 Å². The van der Waals surface area contributed by atoms with E-state index in [9.17, 15) is 13.2 Å². The standard InChI is InChI=1S/C20H26N2O4S/c1-4-26-19-12-6-5-11-18(19)22(27(3,24)25)14-8-13-20(23)21-17-10-7-9-16(2)15-17/h5-7,9-12,15H,4,8,13-14H2,1-3H3,(H,21,23). The van der Waals surface area contributed by atoms with Crippen molar-refractivity contribution in [3.8, 4) is 5.75 Å². The number of amides is 1. The number of hydrogen-bond acceptors (Lipinski definition) is 4. The van der Waals surface area contributed by atoms with E-state index < -0.39 is 10.0 Å². The number of sulfonamides is 1. The van der Waals surface area contributed by atoms with Gasteiger partial charge in [0.15, 0.2) is 0 Å². The number of anilines is 2. The highest BCUT2D eigenvalue weighted by Gasteiger charge is 2.21. The molecule has 2 rings (SSSR count). The lowest BCUT2D eigenvalue weighted by Crippen LogP contribution is -2.31. The van der Waals surface area contributed by atoms with Gasteiger partial charge in [-0.15, -0.1) is 0 Å². The molecule has 0 aliphatic rings. The molecule has 0 aromatic heterocycles. The molecule has 7 heteroatoms. The third-order valence-electron chi connectivity index (χ3n) is 3.90. The van der Waals surface area contributed by atoms with E-state index in [1.54, 1.807) is 24.3 Å². The molecule has 0 fully saturated rings. The van der Waals surface area contributed by atoms with E-state index in [0.29, 0.717) is 24.5 Å². The van der Waals surface area contributed by atoms with Gasteiger partial charge in [-0.2, -0.15) is 0 Å². The predicted octanol–water partition coefficient (Wildman–Crippen LogP) is 3.58. The zero-order valence-electron chi connectivity index (χ0n) is 15.9. The van der Waals surface area contributed by atoms with Crippen LogP contribution >= 0.6 is 0 Å². The summed E-state index contributed by atoms with van der Waals surface area (Å²) in [6, 6.07) is 14.5. The van der Waals surface area contributed by atoms with E-state index >= 15 is 0 Å². The van der Waals surface area contributed by atoms with Gasteiger partial charge in [-0.1, -0.05) is 24.3 Å². The van der Waals surface area contributed by atoms with Gasteiger partial charge in [-0.3, -0.25) is 9.10 Å².